The lowest BCUT2D eigenvalue weighted by molar-refractivity contribution is 0.358. The Kier molecular flexibility index (Phi) is 38.6. The summed E-state index contributed by atoms with van der Waals surface area (Å²) < 4.78 is 8.73. The Morgan fingerprint density at radius 3 is 0.695 bits per heavy atom. The molecule has 0 fully saturated rings. The first-order valence-electron chi connectivity index (χ1n) is 33.0. The molecule has 0 aliphatic carbocycles. The lowest BCUT2D eigenvalue weighted by Gasteiger charge is -2.27. The molecule has 6 aromatic carbocycles. The van der Waals surface area contributed by atoms with E-state index in [1.807, 2.05) is 28.2 Å². The van der Waals surface area contributed by atoms with E-state index >= 15 is 0 Å². The Morgan fingerprint density at radius 2 is 0.442 bits per heavy atom. The fourth-order valence-electron chi connectivity index (χ4n) is 10.1. The maximum absolute atomic E-state index is 5.84. The first kappa shape index (κ1) is 92.5. The molecule has 6 rings (SSSR count). The standard InChI is InChI=1S/C13H22N2S2.C13H21NS2.2C12H20N2S2.C11H18N2S2.C11H17NS2.CH4/c1-13(2,3)7-5-6-8-15(4)10-9(14)11(16)12(10)17;1-13(2,3)8-6-4-5-7-9-10(14)12(16)11(9)15;2*1-12(2,3)6-5-7-14(4)9-8(13)10(15)11(9)16;1-11(2,3)5-6-13(4)8-7(12)9(14)10(8)15;1-11(2,3)6-4-5-7-8(12)10(14)9(7)13;/h5-8,14H2,1-4H3;4-8,14H2,1-3H3;2*5-7,13H2,1-4H3;5-6,12H2,1-4H3;4-6,12H2,1-3H3;1H4. The second kappa shape index (κ2) is 39.7. The predicted molar refractivity (Wildman–Crippen MR) is 458 cm³/mol. The number of nitrogens with two attached hydrogens (primary N) is 6. The van der Waals surface area contributed by atoms with Gasteiger partial charge in [0.1, 0.15) is 0 Å². The minimum Gasteiger partial charge on any atom is -0.397 e. The van der Waals surface area contributed by atoms with Crippen molar-refractivity contribution in [1.82, 2.24) is 0 Å². The Balaban J connectivity index is 0.00000111. The largest absolute Gasteiger partial charge is 0.397 e. The lowest BCUT2D eigenvalue weighted by Crippen LogP contribution is -2.25. The molecular weight excluding hydrogens is 1400 g/mol. The van der Waals surface area contributed by atoms with Crippen LogP contribution in [-0.2, 0) is 12.8 Å². The average molecular weight is 1520 g/mol. The van der Waals surface area contributed by atoms with Crippen LogP contribution in [0.3, 0.4) is 0 Å². The topological polar surface area (TPSA) is 169 Å². The number of unbranched alkanes of at least 4 members (excludes halogenated alkanes) is 3. The number of hydrogen-bond donors (Lipinski definition) is 6. The third-order valence-corrected chi connectivity index (χ3v) is 22.0. The fourth-order valence-corrected chi connectivity index (χ4v) is 13.5. The highest BCUT2D eigenvalue weighted by atomic mass is 32.1. The SMILES string of the molecule is C.CC(C)(C)CCCCCc1c(N)c(=S)c1=S.CC(C)(C)CCCc1c(N)c(=S)c1=S.CN(CCC(C)(C)C)c1c(N)c(=S)c1=S.CN(CCCC(C)(C)C)c1c(N)c(=S)c1=S.CN(CCCC(C)(C)C)c1c(N)c(=S)c1=S.CN(CCCCC(C)(C)C)c1c(N)c(=S)c1=S. The monoisotopic (exact) mass is 1520 g/mol. The maximum atomic E-state index is 5.84. The normalized spacial score (nSPS) is 11.9. The fraction of sp³-hybridized carbons (Fsp3) is 0.671. The van der Waals surface area contributed by atoms with Crippen LogP contribution in [0.4, 0.5) is 56.9 Å². The number of nitrogens with zero attached hydrogens (tertiary/aromatic N) is 4. The summed E-state index contributed by atoms with van der Waals surface area (Å²) in [6, 6.07) is 0. The van der Waals surface area contributed by atoms with Gasteiger partial charge in [-0.15, -0.1) is 0 Å². The highest BCUT2D eigenvalue weighted by Crippen LogP contribution is 2.37. The summed E-state index contributed by atoms with van der Waals surface area (Å²) in [6.07, 6.45) is 18.8. The summed E-state index contributed by atoms with van der Waals surface area (Å²) in [6.45, 7) is 44.5. The molecule has 10 nitrogen and oxygen atoms in total. The molecule has 95 heavy (non-hydrogen) atoms. The molecule has 0 unspecified atom stereocenters. The highest BCUT2D eigenvalue weighted by Gasteiger charge is 2.22. The average Bonchev–Trinajstić information content (AvgIpc) is 0.821. The van der Waals surface area contributed by atoms with Crippen LogP contribution in [0.15, 0.2) is 0 Å². The van der Waals surface area contributed by atoms with E-state index in [-0.39, 0.29) is 7.43 Å². The molecule has 0 spiro atoms. The molecule has 536 valence electrons. The molecule has 0 amide bonds. The summed E-state index contributed by atoms with van der Waals surface area (Å²) >= 11 is 61.3. The van der Waals surface area contributed by atoms with Crippen LogP contribution in [0.5, 0.6) is 0 Å². The van der Waals surface area contributed by atoms with Crippen LogP contribution >= 0.6 is 147 Å². The lowest BCUT2D eigenvalue weighted by atomic mass is 9.88. The van der Waals surface area contributed by atoms with Gasteiger partial charge in [-0.25, -0.2) is 0 Å². The third-order valence-electron chi connectivity index (χ3n) is 16.2. The van der Waals surface area contributed by atoms with E-state index in [1.54, 1.807) is 0 Å². The van der Waals surface area contributed by atoms with E-state index in [2.05, 4.69) is 144 Å². The summed E-state index contributed by atoms with van der Waals surface area (Å²) in [5.41, 5.74) is 47.6. The van der Waals surface area contributed by atoms with Crippen molar-refractivity contribution in [3.8, 4) is 0 Å². The smallest absolute Gasteiger partial charge is 0.0834 e. The minimum absolute atomic E-state index is 0. The molecule has 22 heteroatoms. The molecule has 0 aliphatic heterocycles. The number of hydrogen-bond acceptors (Lipinski definition) is 22. The Bertz CT molecular complexity index is 3770. The molecule has 12 N–H and O–H groups in total. The molecule has 0 saturated carbocycles. The molecule has 0 radical (unpaired) electrons. The van der Waals surface area contributed by atoms with Crippen LogP contribution in [0.2, 0.25) is 0 Å². The van der Waals surface area contributed by atoms with Gasteiger partial charge in [0.25, 0.3) is 0 Å². The van der Waals surface area contributed by atoms with Crippen LogP contribution in [0.1, 0.15) is 233 Å². The van der Waals surface area contributed by atoms with Gasteiger partial charge in [0.15, 0.2) is 0 Å². The molecule has 0 aromatic heterocycles. The first-order chi connectivity index (χ1) is 42.6. The van der Waals surface area contributed by atoms with Crippen molar-refractivity contribution in [3.63, 3.8) is 0 Å². The summed E-state index contributed by atoms with van der Waals surface area (Å²) in [4.78, 5) is 8.49. The van der Waals surface area contributed by atoms with Crippen molar-refractivity contribution in [2.75, 3.05) is 108 Å². The van der Waals surface area contributed by atoms with E-state index in [0.717, 1.165) is 137 Å². The zero-order valence-corrected chi connectivity index (χ0v) is 71.1. The Hall–Kier alpha value is -2.48. The van der Waals surface area contributed by atoms with Gasteiger partial charge in [0.05, 0.1) is 111 Å². The summed E-state index contributed by atoms with van der Waals surface area (Å²) in [7, 11) is 8.10. The third kappa shape index (κ3) is 31.1. The minimum atomic E-state index is 0. The molecule has 0 saturated heterocycles. The molecule has 0 aliphatic rings. The van der Waals surface area contributed by atoms with E-state index in [0.29, 0.717) is 82.3 Å². The van der Waals surface area contributed by atoms with Gasteiger partial charge < -0.3 is 54.0 Å². The van der Waals surface area contributed by atoms with Gasteiger partial charge in [0.2, 0.25) is 0 Å². The van der Waals surface area contributed by atoms with E-state index in [4.69, 9.17) is 181 Å². The van der Waals surface area contributed by atoms with Crippen LogP contribution in [0.25, 0.3) is 0 Å². The van der Waals surface area contributed by atoms with Crippen LogP contribution in [-0.4, -0.2) is 54.4 Å². The number of rotatable bonds is 24. The van der Waals surface area contributed by atoms with Crippen molar-refractivity contribution in [1.29, 1.82) is 0 Å². The zero-order valence-electron chi connectivity index (χ0n) is 61.3. The van der Waals surface area contributed by atoms with E-state index in [1.165, 1.54) is 64.2 Å². The van der Waals surface area contributed by atoms with Gasteiger partial charge in [0, 0.05) is 54.4 Å². The first-order valence-corrected chi connectivity index (χ1v) is 37.9. The molecule has 0 heterocycles. The van der Waals surface area contributed by atoms with E-state index in [9.17, 15) is 0 Å². The number of anilines is 10. The van der Waals surface area contributed by atoms with Crippen molar-refractivity contribution >= 4 is 203 Å². The Labute approximate surface area is 638 Å². The van der Waals surface area contributed by atoms with Gasteiger partial charge in [-0.05, 0) is 127 Å². The number of nitrogen functional groups attached to an aromatic ring is 6. The zero-order chi connectivity index (χ0) is 73.3. The van der Waals surface area contributed by atoms with Gasteiger partial charge in [-0.1, -0.05) is 298 Å². The molecular formula is C73H122N10S12. The molecule has 0 bridgehead atoms. The molecule has 0 atom stereocenters. The van der Waals surface area contributed by atoms with Crippen LogP contribution in [0, 0.1) is 86.6 Å². The van der Waals surface area contributed by atoms with Crippen molar-refractivity contribution < 1.29 is 0 Å². The second-order valence-corrected chi connectivity index (χ2v) is 37.6. The van der Waals surface area contributed by atoms with Crippen molar-refractivity contribution in [2.24, 2.45) is 32.5 Å². The van der Waals surface area contributed by atoms with Crippen molar-refractivity contribution in [2.45, 2.75) is 235 Å². The quantitative estimate of drug-likeness (QED) is 0.0250. The predicted octanol–water partition coefficient (Wildman–Crippen LogP) is 24.8. The molecule has 6 aromatic rings. The second-order valence-electron chi connectivity index (χ2n) is 32.7. The summed E-state index contributed by atoms with van der Waals surface area (Å²) in [5.74, 6) is 0. The highest BCUT2D eigenvalue weighted by molar-refractivity contribution is 7.75. The van der Waals surface area contributed by atoms with E-state index < -0.39 is 0 Å². The summed E-state index contributed by atoms with van der Waals surface area (Å²) in [5, 5.41) is 0. The van der Waals surface area contributed by atoms with Gasteiger partial charge in [-0.2, -0.15) is 0 Å². The Morgan fingerprint density at radius 1 is 0.232 bits per heavy atom. The van der Waals surface area contributed by atoms with Gasteiger partial charge in [-0.3, -0.25) is 0 Å². The van der Waals surface area contributed by atoms with Gasteiger partial charge >= 0.3 is 0 Å². The van der Waals surface area contributed by atoms with Crippen molar-refractivity contribution in [3.05, 3.63) is 65.2 Å². The van der Waals surface area contributed by atoms with Crippen LogP contribution < -0.4 is 54.0 Å². The maximum Gasteiger partial charge on any atom is 0.0834 e.